The Kier molecular flexibility index (Phi) is 3.03. The Balaban J connectivity index is 1.90. The van der Waals surface area contributed by atoms with Gasteiger partial charge in [0.05, 0.1) is 6.10 Å². The molecule has 0 saturated heterocycles. The average molecular weight is 254 g/mol. The maximum atomic E-state index is 9.55. The number of rotatable bonds is 3. The lowest BCUT2D eigenvalue weighted by Crippen LogP contribution is -2.01. The van der Waals surface area contributed by atoms with Gasteiger partial charge in [-0.05, 0) is 66.1 Å². The molecule has 2 heteroatoms. The van der Waals surface area contributed by atoms with Gasteiger partial charge in [-0.15, -0.1) is 0 Å². The summed E-state index contributed by atoms with van der Waals surface area (Å²) in [7, 11) is 0. The molecular formula is C17H18O2. The molecule has 0 bridgehead atoms. The summed E-state index contributed by atoms with van der Waals surface area (Å²) >= 11 is 0. The van der Waals surface area contributed by atoms with E-state index in [2.05, 4.69) is 18.2 Å². The first-order valence-corrected chi connectivity index (χ1v) is 6.75. The molecule has 3 rings (SSSR count). The Labute approximate surface area is 113 Å². The third-order valence-corrected chi connectivity index (χ3v) is 3.78. The van der Waals surface area contributed by atoms with E-state index in [0.29, 0.717) is 5.75 Å². The van der Waals surface area contributed by atoms with Crippen molar-refractivity contribution in [2.75, 3.05) is 0 Å². The monoisotopic (exact) mass is 254 g/mol. The number of phenols is 1. The molecule has 1 unspecified atom stereocenters. The summed E-state index contributed by atoms with van der Waals surface area (Å²) in [6.07, 6.45) is 2.35. The van der Waals surface area contributed by atoms with Gasteiger partial charge in [0.1, 0.15) is 5.75 Å². The van der Waals surface area contributed by atoms with E-state index in [9.17, 15) is 10.2 Å². The van der Waals surface area contributed by atoms with Crippen LogP contribution >= 0.6 is 0 Å². The molecule has 19 heavy (non-hydrogen) atoms. The van der Waals surface area contributed by atoms with Crippen LogP contribution in [0.2, 0.25) is 0 Å². The van der Waals surface area contributed by atoms with E-state index >= 15 is 0 Å². The lowest BCUT2D eigenvalue weighted by Gasteiger charge is -2.07. The van der Waals surface area contributed by atoms with Crippen LogP contribution in [-0.2, 0) is 12.8 Å². The standard InChI is InChI=1S/C17H18O2/c1-11(18)2-3-12-4-6-16-13(8-12)9-14-10-15(19)5-7-17(14)16/h4-8,10-11,18-19H,2-3,9H2,1H3. The molecule has 0 amide bonds. The van der Waals surface area contributed by atoms with Gasteiger partial charge < -0.3 is 10.2 Å². The number of aliphatic hydroxyl groups is 1. The van der Waals surface area contributed by atoms with Gasteiger partial charge in [0.15, 0.2) is 0 Å². The van der Waals surface area contributed by atoms with E-state index < -0.39 is 0 Å². The predicted octanol–water partition coefficient (Wildman–Crippen LogP) is 3.28. The largest absolute Gasteiger partial charge is 0.508 e. The van der Waals surface area contributed by atoms with Crippen LogP contribution in [0.25, 0.3) is 11.1 Å². The molecule has 2 N–H and O–H groups in total. The van der Waals surface area contributed by atoms with Gasteiger partial charge in [0.2, 0.25) is 0 Å². The SMILES string of the molecule is CC(O)CCc1ccc2c(c1)Cc1cc(O)ccc1-2. The highest BCUT2D eigenvalue weighted by Gasteiger charge is 2.18. The molecule has 0 saturated carbocycles. The van der Waals surface area contributed by atoms with Crippen molar-refractivity contribution >= 4 is 0 Å². The van der Waals surface area contributed by atoms with E-state index in [1.807, 2.05) is 19.1 Å². The molecule has 0 spiro atoms. The van der Waals surface area contributed by atoms with E-state index in [4.69, 9.17) is 0 Å². The van der Waals surface area contributed by atoms with E-state index in [1.165, 1.54) is 27.8 Å². The lowest BCUT2D eigenvalue weighted by molar-refractivity contribution is 0.185. The summed E-state index contributed by atoms with van der Waals surface area (Å²) in [4.78, 5) is 0. The minimum Gasteiger partial charge on any atom is -0.508 e. The van der Waals surface area contributed by atoms with Crippen LogP contribution in [0, 0.1) is 0 Å². The number of aryl methyl sites for hydroxylation is 1. The second-order valence-corrected chi connectivity index (χ2v) is 5.40. The summed E-state index contributed by atoms with van der Waals surface area (Å²) in [6, 6.07) is 12.1. The number of fused-ring (bicyclic) bond motifs is 3. The van der Waals surface area contributed by atoms with Crippen LogP contribution in [0.1, 0.15) is 30.0 Å². The molecule has 0 radical (unpaired) electrons. The summed E-state index contributed by atoms with van der Waals surface area (Å²) in [5.41, 5.74) is 6.30. The highest BCUT2D eigenvalue weighted by atomic mass is 16.3. The van der Waals surface area contributed by atoms with Crippen LogP contribution in [-0.4, -0.2) is 16.3 Å². The fourth-order valence-corrected chi connectivity index (χ4v) is 2.78. The van der Waals surface area contributed by atoms with Gasteiger partial charge in [0.25, 0.3) is 0 Å². The first-order chi connectivity index (χ1) is 9.13. The smallest absolute Gasteiger partial charge is 0.115 e. The number of aromatic hydroxyl groups is 1. The zero-order chi connectivity index (χ0) is 13.4. The first-order valence-electron chi connectivity index (χ1n) is 6.75. The Morgan fingerprint density at radius 3 is 2.47 bits per heavy atom. The second-order valence-electron chi connectivity index (χ2n) is 5.40. The maximum absolute atomic E-state index is 9.55. The van der Waals surface area contributed by atoms with Gasteiger partial charge in [-0.25, -0.2) is 0 Å². The van der Waals surface area contributed by atoms with Crippen LogP contribution < -0.4 is 0 Å². The molecule has 1 atom stereocenters. The molecule has 0 fully saturated rings. The Hall–Kier alpha value is -1.80. The highest BCUT2D eigenvalue weighted by molar-refractivity contribution is 5.77. The molecule has 0 aromatic heterocycles. The molecule has 98 valence electrons. The third-order valence-electron chi connectivity index (χ3n) is 3.78. The maximum Gasteiger partial charge on any atom is 0.115 e. The van der Waals surface area contributed by atoms with Crippen LogP contribution in [0.5, 0.6) is 5.75 Å². The summed E-state index contributed by atoms with van der Waals surface area (Å²) in [5.74, 6) is 0.334. The summed E-state index contributed by atoms with van der Waals surface area (Å²) < 4.78 is 0. The average Bonchev–Trinajstić information content (AvgIpc) is 2.72. The Bertz CT molecular complexity index is 615. The number of hydrogen-bond acceptors (Lipinski definition) is 2. The van der Waals surface area contributed by atoms with Crippen molar-refractivity contribution in [1.29, 1.82) is 0 Å². The van der Waals surface area contributed by atoms with Crippen molar-refractivity contribution in [3.05, 3.63) is 53.1 Å². The molecule has 2 nitrogen and oxygen atoms in total. The molecule has 0 heterocycles. The van der Waals surface area contributed by atoms with E-state index in [0.717, 1.165) is 19.3 Å². The Morgan fingerprint density at radius 1 is 1.05 bits per heavy atom. The van der Waals surface area contributed by atoms with Gasteiger partial charge in [-0.1, -0.05) is 24.3 Å². The molecule has 1 aliphatic carbocycles. The minimum atomic E-state index is -0.248. The quantitative estimate of drug-likeness (QED) is 0.753. The van der Waals surface area contributed by atoms with Crippen molar-refractivity contribution in [3.8, 4) is 16.9 Å². The van der Waals surface area contributed by atoms with Crippen molar-refractivity contribution < 1.29 is 10.2 Å². The third kappa shape index (κ3) is 2.36. The van der Waals surface area contributed by atoms with Gasteiger partial charge in [0, 0.05) is 0 Å². The number of aliphatic hydroxyl groups excluding tert-OH is 1. The molecule has 2 aromatic rings. The molecule has 0 aliphatic heterocycles. The fraction of sp³-hybridized carbons (Fsp3) is 0.294. The van der Waals surface area contributed by atoms with Gasteiger partial charge in [-0.2, -0.15) is 0 Å². The predicted molar refractivity (Wildman–Crippen MR) is 76.4 cm³/mol. The molecule has 1 aliphatic rings. The first kappa shape index (κ1) is 12.2. The van der Waals surface area contributed by atoms with Crippen LogP contribution in [0.15, 0.2) is 36.4 Å². The van der Waals surface area contributed by atoms with Crippen molar-refractivity contribution in [2.24, 2.45) is 0 Å². The fourth-order valence-electron chi connectivity index (χ4n) is 2.78. The van der Waals surface area contributed by atoms with Gasteiger partial charge >= 0.3 is 0 Å². The topological polar surface area (TPSA) is 40.5 Å². The number of benzene rings is 2. The van der Waals surface area contributed by atoms with Crippen LogP contribution in [0.3, 0.4) is 0 Å². The molecule has 2 aromatic carbocycles. The zero-order valence-electron chi connectivity index (χ0n) is 11.1. The van der Waals surface area contributed by atoms with E-state index in [1.54, 1.807) is 6.07 Å². The summed E-state index contributed by atoms with van der Waals surface area (Å²) in [6.45, 7) is 1.83. The number of phenolic OH excluding ortho intramolecular Hbond substituents is 1. The summed E-state index contributed by atoms with van der Waals surface area (Å²) in [5, 5.41) is 18.9. The zero-order valence-corrected chi connectivity index (χ0v) is 11.1. The lowest BCUT2D eigenvalue weighted by atomic mass is 10.0. The highest BCUT2D eigenvalue weighted by Crippen LogP contribution is 2.38. The van der Waals surface area contributed by atoms with Crippen molar-refractivity contribution in [2.45, 2.75) is 32.3 Å². The van der Waals surface area contributed by atoms with Crippen LogP contribution in [0.4, 0.5) is 0 Å². The van der Waals surface area contributed by atoms with Gasteiger partial charge in [-0.3, -0.25) is 0 Å². The van der Waals surface area contributed by atoms with Crippen molar-refractivity contribution in [1.82, 2.24) is 0 Å². The number of hydrogen-bond donors (Lipinski definition) is 2. The second kappa shape index (κ2) is 4.71. The molecular weight excluding hydrogens is 236 g/mol. The minimum absolute atomic E-state index is 0.248. The Morgan fingerprint density at radius 2 is 1.74 bits per heavy atom. The van der Waals surface area contributed by atoms with E-state index in [-0.39, 0.29) is 6.10 Å². The normalized spacial score (nSPS) is 14.0. The van der Waals surface area contributed by atoms with Crippen molar-refractivity contribution in [3.63, 3.8) is 0 Å².